The number of aromatic nitrogens is 1. The number of anilines is 2. The molecule has 0 aliphatic rings. The lowest BCUT2D eigenvalue weighted by Crippen LogP contribution is -2.22. The molecular weight excluding hydrogens is 266 g/mol. The van der Waals surface area contributed by atoms with Crippen molar-refractivity contribution in [3.05, 3.63) is 53.9 Å². The van der Waals surface area contributed by atoms with Gasteiger partial charge in [-0.3, -0.25) is 0 Å². The van der Waals surface area contributed by atoms with E-state index in [1.807, 2.05) is 30.3 Å². The Morgan fingerprint density at radius 2 is 2.14 bits per heavy atom. The lowest BCUT2D eigenvalue weighted by atomic mass is 10.1. The van der Waals surface area contributed by atoms with Crippen molar-refractivity contribution in [1.29, 1.82) is 0 Å². The molecule has 0 spiro atoms. The number of ether oxygens (including phenoxy) is 1. The second kappa shape index (κ2) is 6.74. The van der Waals surface area contributed by atoms with Crippen LogP contribution in [0, 0.1) is 0 Å². The standard InChI is InChI=1S/C16H19N3O2/c1-3-19(11-12-5-4-6-13(17)9-12)14-7-8-18-15(10-14)16(20)21-2/h4-10H,3,11,17H2,1-2H3. The molecule has 0 atom stereocenters. The maximum atomic E-state index is 11.6. The first kappa shape index (κ1) is 14.8. The minimum Gasteiger partial charge on any atom is -0.464 e. The fourth-order valence-corrected chi connectivity index (χ4v) is 2.13. The van der Waals surface area contributed by atoms with Crippen molar-refractivity contribution >= 4 is 17.3 Å². The van der Waals surface area contributed by atoms with Crippen LogP contribution >= 0.6 is 0 Å². The molecule has 110 valence electrons. The minimum atomic E-state index is -0.433. The molecule has 0 amide bonds. The number of nitrogen functional groups attached to an aromatic ring is 1. The largest absolute Gasteiger partial charge is 0.464 e. The average Bonchev–Trinajstić information content (AvgIpc) is 2.52. The van der Waals surface area contributed by atoms with E-state index in [1.165, 1.54) is 7.11 Å². The third kappa shape index (κ3) is 3.72. The number of esters is 1. The third-order valence-corrected chi connectivity index (χ3v) is 3.21. The molecule has 0 aliphatic carbocycles. The van der Waals surface area contributed by atoms with E-state index in [0.29, 0.717) is 12.2 Å². The SMILES string of the molecule is CCN(Cc1cccc(N)c1)c1ccnc(C(=O)OC)c1. The fourth-order valence-electron chi connectivity index (χ4n) is 2.13. The highest BCUT2D eigenvalue weighted by Gasteiger charge is 2.11. The van der Waals surface area contributed by atoms with Crippen LogP contribution in [0.25, 0.3) is 0 Å². The van der Waals surface area contributed by atoms with E-state index in [1.54, 1.807) is 12.3 Å². The van der Waals surface area contributed by atoms with Crippen LogP contribution in [0.5, 0.6) is 0 Å². The zero-order valence-electron chi connectivity index (χ0n) is 12.2. The monoisotopic (exact) mass is 285 g/mol. The van der Waals surface area contributed by atoms with Crippen LogP contribution in [0.3, 0.4) is 0 Å². The van der Waals surface area contributed by atoms with E-state index < -0.39 is 5.97 Å². The number of methoxy groups -OCH3 is 1. The topological polar surface area (TPSA) is 68.5 Å². The Kier molecular flexibility index (Phi) is 4.77. The first-order chi connectivity index (χ1) is 10.1. The molecular formula is C16H19N3O2. The van der Waals surface area contributed by atoms with Crippen molar-refractivity contribution < 1.29 is 9.53 Å². The number of benzene rings is 1. The van der Waals surface area contributed by atoms with Gasteiger partial charge in [0.25, 0.3) is 0 Å². The minimum absolute atomic E-state index is 0.307. The van der Waals surface area contributed by atoms with Crippen LogP contribution in [0.1, 0.15) is 23.0 Å². The molecule has 0 unspecified atom stereocenters. The molecule has 2 rings (SSSR count). The Morgan fingerprint density at radius 1 is 1.33 bits per heavy atom. The normalized spacial score (nSPS) is 10.2. The van der Waals surface area contributed by atoms with Crippen molar-refractivity contribution in [2.75, 3.05) is 24.3 Å². The number of carbonyl (C=O) groups excluding carboxylic acids is 1. The van der Waals surface area contributed by atoms with Crippen LogP contribution in [0.15, 0.2) is 42.6 Å². The molecule has 5 nitrogen and oxygen atoms in total. The van der Waals surface area contributed by atoms with Gasteiger partial charge in [0, 0.05) is 30.7 Å². The number of hydrogen-bond donors (Lipinski definition) is 1. The lowest BCUT2D eigenvalue weighted by Gasteiger charge is -2.23. The second-order valence-corrected chi connectivity index (χ2v) is 4.65. The molecule has 1 aromatic heterocycles. The Morgan fingerprint density at radius 3 is 2.81 bits per heavy atom. The summed E-state index contributed by atoms with van der Waals surface area (Å²) in [6.45, 7) is 3.58. The molecule has 2 N–H and O–H groups in total. The number of nitrogens with zero attached hydrogens (tertiary/aromatic N) is 2. The summed E-state index contributed by atoms with van der Waals surface area (Å²) in [4.78, 5) is 17.7. The van der Waals surface area contributed by atoms with Crippen LogP contribution < -0.4 is 10.6 Å². The summed E-state index contributed by atoms with van der Waals surface area (Å²) in [5.74, 6) is -0.433. The van der Waals surface area contributed by atoms with Crippen molar-refractivity contribution in [2.45, 2.75) is 13.5 Å². The van der Waals surface area contributed by atoms with Gasteiger partial charge in [-0.1, -0.05) is 12.1 Å². The number of hydrogen-bond acceptors (Lipinski definition) is 5. The van der Waals surface area contributed by atoms with Crippen molar-refractivity contribution in [1.82, 2.24) is 4.98 Å². The molecule has 1 heterocycles. The van der Waals surface area contributed by atoms with Gasteiger partial charge < -0.3 is 15.4 Å². The fraction of sp³-hybridized carbons (Fsp3) is 0.250. The predicted molar refractivity (Wildman–Crippen MR) is 83.2 cm³/mol. The highest BCUT2D eigenvalue weighted by atomic mass is 16.5. The van der Waals surface area contributed by atoms with Crippen molar-refractivity contribution in [3.63, 3.8) is 0 Å². The van der Waals surface area contributed by atoms with E-state index in [4.69, 9.17) is 10.5 Å². The van der Waals surface area contributed by atoms with E-state index in [9.17, 15) is 4.79 Å². The molecule has 0 saturated heterocycles. The Labute approximate surface area is 124 Å². The molecule has 0 fully saturated rings. The van der Waals surface area contributed by atoms with Gasteiger partial charge in [0.2, 0.25) is 0 Å². The number of rotatable bonds is 5. The van der Waals surface area contributed by atoms with E-state index in [0.717, 1.165) is 23.5 Å². The van der Waals surface area contributed by atoms with Gasteiger partial charge in [0.15, 0.2) is 0 Å². The molecule has 0 radical (unpaired) electrons. The summed E-state index contributed by atoms with van der Waals surface area (Å²) < 4.78 is 4.70. The van der Waals surface area contributed by atoms with E-state index in [2.05, 4.69) is 16.8 Å². The Balaban J connectivity index is 2.23. The Bertz CT molecular complexity index is 628. The van der Waals surface area contributed by atoms with E-state index >= 15 is 0 Å². The molecule has 5 heteroatoms. The highest BCUT2D eigenvalue weighted by molar-refractivity contribution is 5.88. The quantitative estimate of drug-likeness (QED) is 0.675. The van der Waals surface area contributed by atoms with Crippen LogP contribution in [-0.4, -0.2) is 24.6 Å². The van der Waals surface area contributed by atoms with Gasteiger partial charge >= 0.3 is 5.97 Å². The van der Waals surface area contributed by atoms with Gasteiger partial charge in [-0.15, -0.1) is 0 Å². The summed E-state index contributed by atoms with van der Waals surface area (Å²) in [6, 6.07) is 11.4. The van der Waals surface area contributed by atoms with Crippen LogP contribution in [0.4, 0.5) is 11.4 Å². The predicted octanol–water partition coefficient (Wildman–Crippen LogP) is 2.48. The molecule has 1 aromatic carbocycles. The first-order valence-corrected chi connectivity index (χ1v) is 6.77. The Hall–Kier alpha value is -2.56. The van der Waals surface area contributed by atoms with Crippen LogP contribution in [0.2, 0.25) is 0 Å². The second-order valence-electron chi connectivity index (χ2n) is 4.65. The first-order valence-electron chi connectivity index (χ1n) is 6.77. The van der Waals surface area contributed by atoms with Crippen molar-refractivity contribution in [2.24, 2.45) is 0 Å². The summed E-state index contributed by atoms with van der Waals surface area (Å²) >= 11 is 0. The maximum Gasteiger partial charge on any atom is 0.356 e. The summed E-state index contributed by atoms with van der Waals surface area (Å²) in [5.41, 5.74) is 8.90. The summed E-state index contributed by atoms with van der Waals surface area (Å²) in [6.07, 6.45) is 1.61. The lowest BCUT2D eigenvalue weighted by molar-refractivity contribution is 0.0594. The molecule has 0 saturated carbocycles. The van der Waals surface area contributed by atoms with Crippen LogP contribution in [-0.2, 0) is 11.3 Å². The number of pyridine rings is 1. The molecule has 21 heavy (non-hydrogen) atoms. The zero-order valence-corrected chi connectivity index (χ0v) is 12.2. The van der Waals surface area contributed by atoms with Gasteiger partial charge in [-0.05, 0) is 36.8 Å². The van der Waals surface area contributed by atoms with Gasteiger partial charge in [-0.2, -0.15) is 0 Å². The third-order valence-electron chi connectivity index (χ3n) is 3.21. The number of carbonyl (C=O) groups is 1. The molecule has 0 aliphatic heterocycles. The average molecular weight is 285 g/mol. The smallest absolute Gasteiger partial charge is 0.356 e. The van der Waals surface area contributed by atoms with Crippen molar-refractivity contribution in [3.8, 4) is 0 Å². The summed E-state index contributed by atoms with van der Waals surface area (Å²) in [5, 5.41) is 0. The zero-order chi connectivity index (χ0) is 15.2. The van der Waals surface area contributed by atoms with E-state index in [-0.39, 0.29) is 0 Å². The van der Waals surface area contributed by atoms with Gasteiger partial charge in [-0.25, -0.2) is 9.78 Å². The maximum absolute atomic E-state index is 11.6. The summed E-state index contributed by atoms with van der Waals surface area (Å²) in [7, 11) is 1.35. The molecule has 2 aromatic rings. The molecule has 0 bridgehead atoms. The number of nitrogens with two attached hydrogens (primary N) is 1. The van der Waals surface area contributed by atoms with Gasteiger partial charge in [0.1, 0.15) is 5.69 Å². The highest BCUT2D eigenvalue weighted by Crippen LogP contribution is 2.18. The van der Waals surface area contributed by atoms with Gasteiger partial charge in [0.05, 0.1) is 7.11 Å².